The quantitative estimate of drug-likeness (QED) is 0.167. The molecule has 1 N–H and O–H groups in total. The van der Waals surface area contributed by atoms with Crippen LogP contribution in [0.1, 0.15) is 53.1 Å². The summed E-state index contributed by atoms with van der Waals surface area (Å²) in [7, 11) is 0. The number of para-hydroxylation sites is 1. The lowest BCUT2D eigenvalue weighted by atomic mass is 9.95. The number of rotatable bonds is 8. The molecule has 0 bridgehead atoms. The Balaban J connectivity index is 1.37. The van der Waals surface area contributed by atoms with Gasteiger partial charge in [0.15, 0.2) is 0 Å². The Morgan fingerprint density at radius 2 is 1.89 bits per heavy atom. The molecule has 8 heteroatoms. The van der Waals surface area contributed by atoms with Crippen molar-refractivity contribution in [2.45, 2.75) is 56.2 Å². The second kappa shape index (κ2) is 11.5. The summed E-state index contributed by atoms with van der Waals surface area (Å²) in [6.45, 7) is 4.78. The van der Waals surface area contributed by atoms with E-state index in [-0.39, 0.29) is 17.1 Å². The first-order valence-corrected chi connectivity index (χ1v) is 15.0. The lowest BCUT2D eigenvalue weighted by molar-refractivity contribution is -0.115. The second-order valence-electron chi connectivity index (χ2n) is 9.15. The third-order valence-corrected chi connectivity index (χ3v) is 9.46. The molecular weight excluding hydrogens is 568 g/mol. The summed E-state index contributed by atoms with van der Waals surface area (Å²) in [4.78, 5) is 28.4. The van der Waals surface area contributed by atoms with Crippen LogP contribution in [0.2, 0.25) is 0 Å². The first-order valence-electron chi connectivity index (χ1n) is 12.6. The molecule has 2 heterocycles. The standard InChI is InChI=1S/C29H29BrN2O3S2/c1-3-35-29(34)26-22-9-5-7-11-24(22)37-28(26)31-27(33)18(2)36-25-17-32(23-10-6-4-8-21(23)25)16-19-12-14-20(30)15-13-19/h4,6,8,10,12-15,17-18H,3,5,7,9,11,16H2,1-2H3,(H,31,33). The van der Waals surface area contributed by atoms with Gasteiger partial charge in [0.1, 0.15) is 5.00 Å². The molecule has 0 spiro atoms. The number of nitrogens with zero attached hydrogens (tertiary/aromatic N) is 1. The van der Waals surface area contributed by atoms with Gasteiger partial charge in [-0.2, -0.15) is 0 Å². The highest BCUT2D eigenvalue weighted by Gasteiger charge is 2.28. The van der Waals surface area contributed by atoms with Crippen molar-refractivity contribution < 1.29 is 14.3 Å². The molecular formula is C29H29BrN2O3S2. The average molecular weight is 598 g/mol. The predicted molar refractivity (Wildman–Crippen MR) is 156 cm³/mol. The summed E-state index contributed by atoms with van der Waals surface area (Å²) < 4.78 is 8.63. The maximum Gasteiger partial charge on any atom is 0.341 e. The van der Waals surface area contributed by atoms with Crippen molar-refractivity contribution in [1.82, 2.24) is 4.57 Å². The molecule has 0 saturated carbocycles. The number of amides is 1. The highest BCUT2D eigenvalue weighted by Crippen LogP contribution is 2.39. The van der Waals surface area contributed by atoms with E-state index in [1.165, 1.54) is 21.8 Å². The van der Waals surface area contributed by atoms with Gasteiger partial charge >= 0.3 is 5.97 Å². The van der Waals surface area contributed by atoms with Crippen LogP contribution >= 0.6 is 39.0 Å². The van der Waals surface area contributed by atoms with Crippen molar-refractivity contribution in [1.29, 1.82) is 0 Å². The zero-order valence-electron chi connectivity index (χ0n) is 20.9. The molecule has 1 amide bonds. The van der Waals surface area contributed by atoms with Crippen molar-refractivity contribution in [3.63, 3.8) is 0 Å². The van der Waals surface area contributed by atoms with Gasteiger partial charge in [0.25, 0.3) is 0 Å². The van der Waals surface area contributed by atoms with Gasteiger partial charge in [0.2, 0.25) is 5.91 Å². The first-order chi connectivity index (χ1) is 17.9. The number of benzene rings is 2. The number of esters is 1. The first kappa shape index (κ1) is 26.1. The van der Waals surface area contributed by atoms with Gasteiger partial charge in [-0.15, -0.1) is 23.1 Å². The second-order valence-corrected chi connectivity index (χ2v) is 12.6. The van der Waals surface area contributed by atoms with Crippen molar-refractivity contribution in [2.24, 2.45) is 0 Å². The topological polar surface area (TPSA) is 60.3 Å². The minimum Gasteiger partial charge on any atom is -0.462 e. The minimum absolute atomic E-state index is 0.112. The zero-order chi connectivity index (χ0) is 25.9. The number of hydrogen-bond donors (Lipinski definition) is 1. The van der Waals surface area contributed by atoms with Gasteiger partial charge in [0.05, 0.1) is 17.4 Å². The van der Waals surface area contributed by atoms with E-state index in [9.17, 15) is 9.59 Å². The molecule has 4 aromatic rings. The van der Waals surface area contributed by atoms with E-state index in [1.807, 2.05) is 19.1 Å². The van der Waals surface area contributed by atoms with Crippen LogP contribution in [0.4, 0.5) is 5.00 Å². The summed E-state index contributed by atoms with van der Waals surface area (Å²) in [6.07, 6.45) is 6.11. The van der Waals surface area contributed by atoms with Crippen LogP contribution in [-0.4, -0.2) is 28.3 Å². The van der Waals surface area contributed by atoms with E-state index in [1.54, 1.807) is 18.7 Å². The normalized spacial score (nSPS) is 13.8. The Morgan fingerprint density at radius 1 is 1.14 bits per heavy atom. The molecule has 5 rings (SSSR count). The highest BCUT2D eigenvalue weighted by atomic mass is 79.9. The smallest absolute Gasteiger partial charge is 0.341 e. The van der Waals surface area contributed by atoms with Crippen LogP contribution in [0.5, 0.6) is 0 Å². The summed E-state index contributed by atoms with van der Waals surface area (Å²) in [5.74, 6) is -0.451. The number of carbonyl (C=O) groups excluding carboxylic acids is 2. The fourth-order valence-electron chi connectivity index (χ4n) is 4.75. The maximum atomic E-state index is 13.3. The molecule has 1 aliphatic rings. The number of nitrogens with one attached hydrogen (secondary N) is 1. The van der Waals surface area contributed by atoms with Crippen LogP contribution in [-0.2, 0) is 28.9 Å². The molecule has 5 nitrogen and oxygen atoms in total. The Bertz CT molecular complexity index is 1440. The number of ether oxygens (including phenoxy) is 1. The maximum absolute atomic E-state index is 13.3. The summed E-state index contributed by atoms with van der Waals surface area (Å²) in [5.41, 5.74) is 3.95. The Morgan fingerprint density at radius 3 is 2.68 bits per heavy atom. The van der Waals surface area contributed by atoms with Crippen molar-refractivity contribution in [3.8, 4) is 0 Å². The molecule has 37 heavy (non-hydrogen) atoms. The van der Waals surface area contributed by atoms with Gasteiger partial charge in [-0.05, 0) is 68.9 Å². The van der Waals surface area contributed by atoms with Crippen LogP contribution in [0.15, 0.2) is 64.1 Å². The van der Waals surface area contributed by atoms with E-state index in [4.69, 9.17) is 4.74 Å². The minimum atomic E-state index is -0.346. The molecule has 1 unspecified atom stereocenters. The fourth-order valence-corrected chi connectivity index (χ4v) is 7.33. The third kappa shape index (κ3) is 5.66. The van der Waals surface area contributed by atoms with Gasteiger partial charge in [-0.3, -0.25) is 4.79 Å². The fraction of sp³-hybridized carbons (Fsp3) is 0.310. The van der Waals surface area contributed by atoms with Crippen LogP contribution in [0, 0.1) is 0 Å². The van der Waals surface area contributed by atoms with Gasteiger partial charge < -0.3 is 14.6 Å². The van der Waals surface area contributed by atoms with Gasteiger partial charge in [0, 0.05) is 37.9 Å². The molecule has 0 radical (unpaired) electrons. The molecule has 1 atom stereocenters. The largest absolute Gasteiger partial charge is 0.462 e. The van der Waals surface area contributed by atoms with Crippen LogP contribution in [0.3, 0.4) is 0 Å². The Kier molecular flexibility index (Phi) is 8.07. The number of aryl methyl sites for hydroxylation is 1. The number of halogens is 1. The summed E-state index contributed by atoms with van der Waals surface area (Å²) in [6, 6.07) is 16.6. The molecule has 192 valence electrons. The van der Waals surface area contributed by atoms with Crippen molar-refractivity contribution in [2.75, 3.05) is 11.9 Å². The number of thiophene rings is 1. The van der Waals surface area contributed by atoms with E-state index in [2.05, 4.69) is 68.4 Å². The summed E-state index contributed by atoms with van der Waals surface area (Å²) in [5, 5.41) is 4.48. The van der Waals surface area contributed by atoms with Gasteiger partial charge in [-0.1, -0.05) is 46.3 Å². The van der Waals surface area contributed by atoms with Crippen molar-refractivity contribution in [3.05, 3.63) is 80.8 Å². The lowest BCUT2D eigenvalue weighted by Gasteiger charge is -2.13. The third-order valence-electron chi connectivity index (χ3n) is 6.58. The van der Waals surface area contributed by atoms with E-state index in [0.29, 0.717) is 17.2 Å². The Hall–Kier alpha value is -2.55. The number of thioether (sulfide) groups is 1. The number of aromatic nitrogens is 1. The number of carbonyl (C=O) groups is 2. The monoisotopic (exact) mass is 596 g/mol. The molecule has 0 aliphatic heterocycles. The predicted octanol–water partition coefficient (Wildman–Crippen LogP) is 7.69. The molecule has 0 saturated heterocycles. The van der Waals surface area contributed by atoms with Gasteiger partial charge in [-0.25, -0.2) is 4.79 Å². The lowest BCUT2D eigenvalue weighted by Crippen LogP contribution is -2.23. The van der Waals surface area contributed by atoms with E-state index in [0.717, 1.165) is 58.1 Å². The number of anilines is 1. The molecule has 0 fully saturated rings. The molecule has 2 aromatic carbocycles. The van der Waals surface area contributed by atoms with Crippen LogP contribution < -0.4 is 5.32 Å². The SMILES string of the molecule is CCOC(=O)c1c(NC(=O)C(C)Sc2cn(Cc3ccc(Br)cc3)c3ccccc23)sc2c1CCCC2. The number of fused-ring (bicyclic) bond motifs is 2. The zero-order valence-corrected chi connectivity index (χ0v) is 24.1. The van der Waals surface area contributed by atoms with Crippen LogP contribution in [0.25, 0.3) is 10.9 Å². The number of hydrogen-bond acceptors (Lipinski definition) is 5. The highest BCUT2D eigenvalue weighted by molar-refractivity contribution is 9.10. The van der Waals surface area contributed by atoms with E-state index >= 15 is 0 Å². The summed E-state index contributed by atoms with van der Waals surface area (Å²) >= 11 is 6.57. The molecule has 1 aliphatic carbocycles. The Labute approximate surface area is 233 Å². The van der Waals surface area contributed by atoms with E-state index < -0.39 is 0 Å². The average Bonchev–Trinajstić information content (AvgIpc) is 3.43. The van der Waals surface area contributed by atoms with Crippen molar-refractivity contribution >= 4 is 66.8 Å². The molecule has 2 aromatic heterocycles.